The molecule has 2 amide bonds. The third kappa shape index (κ3) is 5.88. The van der Waals surface area contributed by atoms with Crippen molar-refractivity contribution < 1.29 is 14.7 Å². The Balaban J connectivity index is 1.22. The van der Waals surface area contributed by atoms with Crippen LogP contribution in [0.2, 0.25) is 0 Å². The number of aromatic nitrogens is 1. The minimum atomic E-state index is -1.09. The molecule has 0 aromatic carbocycles. The van der Waals surface area contributed by atoms with E-state index < -0.39 is 11.0 Å². The first-order valence-electron chi connectivity index (χ1n) is 16.5. The molecule has 41 heavy (non-hydrogen) atoms. The zero-order valence-electron chi connectivity index (χ0n) is 25.0. The summed E-state index contributed by atoms with van der Waals surface area (Å²) in [5, 5.41) is 15.7. The monoisotopic (exact) mass is 566 g/mol. The summed E-state index contributed by atoms with van der Waals surface area (Å²) < 4.78 is 1.62. The number of aliphatic hydroxyl groups is 1. The lowest BCUT2D eigenvalue weighted by atomic mass is 9.65. The van der Waals surface area contributed by atoms with Crippen LogP contribution >= 0.6 is 0 Å². The molecule has 1 spiro atoms. The Morgan fingerprint density at radius 3 is 2.37 bits per heavy atom. The minimum absolute atomic E-state index is 0.00270. The van der Waals surface area contributed by atoms with Crippen LogP contribution in [0.5, 0.6) is 0 Å². The number of hydrogen-bond donors (Lipinski definition) is 2. The fourth-order valence-corrected chi connectivity index (χ4v) is 8.56. The first-order valence-corrected chi connectivity index (χ1v) is 16.5. The van der Waals surface area contributed by atoms with E-state index in [1.807, 2.05) is 9.80 Å². The van der Waals surface area contributed by atoms with E-state index in [1.165, 1.54) is 32.1 Å². The number of pyridine rings is 1. The number of piperazine rings is 1. The lowest BCUT2D eigenvalue weighted by molar-refractivity contribution is -0.163. The highest BCUT2D eigenvalue weighted by atomic mass is 16.3. The molecular weight excluding hydrogens is 516 g/mol. The van der Waals surface area contributed by atoms with Crippen LogP contribution in [0.4, 0.5) is 0 Å². The second kappa shape index (κ2) is 11.8. The summed E-state index contributed by atoms with van der Waals surface area (Å²) in [5.41, 5.74) is -0.132. The molecule has 3 heterocycles. The Hall–Kier alpha value is -2.19. The van der Waals surface area contributed by atoms with Gasteiger partial charge < -0.3 is 24.8 Å². The van der Waals surface area contributed by atoms with Crippen molar-refractivity contribution in [3.8, 4) is 0 Å². The summed E-state index contributed by atoms with van der Waals surface area (Å²) >= 11 is 0. The van der Waals surface area contributed by atoms with Gasteiger partial charge in [0.25, 0.3) is 11.5 Å². The molecular formula is C33H50N4O4. The summed E-state index contributed by atoms with van der Waals surface area (Å²) in [6.07, 6.45) is 15.4. The second-order valence-electron chi connectivity index (χ2n) is 14.1. The minimum Gasteiger partial charge on any atom is -0.387 e. The molecule has 2 unspecified atom stereocenters. The molecule has 5 fully saturated rings. The van der Waals surface area contributed by atoms with Gasteiger partial charge in [0.1, 0.15) is 0 Å². The zero-order valence-corrected chi connectivity index (χ0v) is 25.0. The third-order valence-corrected chi connectivity index (χ3v) is 11.2. The molecule has 5 aliphatic rings. The summed E-state index contributed by atoms with van der Waals surface area (Å²) in [6, 6.07) is 1.67. The molecule has 0 bridgehead atoms. The quantitative estimate of drug-likeness (QED) is 0.522. The van der Waals surface area contributed by atoms with Crippen molar-refractivity contribution in [1.82, 2.24) is 19.7 Å². The number of rotatable bonds is 7. The maximum Gasteiger partial charge on any atom is 0.255 e. The lowest BCUT2D eigenvalue weighted by Gasteiger charge is -2.53. The number of hydrogen-bond acceptors (Lipinski definition) is 5. The van der Waals surface area contributed by atoms with Crippen molar-refractivity contribution in [2.75, 3.05) is 39.3 Å². The van der Waals surface area contributed by atoms with Crippen molar-refractivity contribution in [3.63, 3.8) is 0 Å². The molecule has 8 nitrogen and oxygen atoms in total. The molecule has 2 saturated heterocycles. The molecule has 6 rings (SSSR count). The predicted molar refractivity (Wildman–Crippen MR) is 159 cm³/mol. The molecule has 2 aliphatic heterocycles. The molecule has 8 heteroatoms. The second-order valence-corrected chi connectivity index (χ2v) is 14.1. The molecule has 2 N–H and O–H groups in total. The molecule has 1 aromatic heterocycles. The number of amides is 2. The first kappa shape index (κ1) is 28.9. The van der Waals surface area contributed by atoms with Crippen molar-refractivity contribution in [3.05, 3.63) is 33.7 Å². The van der Waals surface area contributed by atoms with Gasteiger partial charge >= 0.3 is 0 Å². The summed E-state index contributed by atoms with van der Waals surface area (Å²) in [5.74, 6) is 1.19. The highest BCUT2D eigenvalue weighted by molar-refractivity contribution is 5.95. The van der Waals surface area contributed by atoms with Gasteiger partial charge in [0.15, 0.2) is 0 Å². The highest BCUT2D eigenvalue weighted by Gasteiger charge is 2.56. The molecule has 226 valence electrons. The Labute approximate surface area is 244 Å². The van der Waals surface area contributed by atoms with Crippen molar-refractivity contribution >= 4 is 11.8 Å². The van der Waals surface area contributed by atoms with E-state index >= 15 is 0 Å². The normalized spacial score (nSPS) is 27.8. The van der Waals surface area contributed by atoms with E-state index in [9.17, 15) is 19.5 Å². The topological polar surface area (TPSA) is 94.9 Å². The van der Waals surface area contributed by atoms with Gasteiger partial charge in [-0.2, -0.15) is 0 Å². The molecule has 3 aliphatic carbocycles. The van der Waals surface area contributed by atoms with Gasteiger partial charge in [-0.25, -0.2) is 0 Å². The molecule has 0 radical (unpaired) electrons. The average Bonchev–Trinajstić information content (AvgIpc) is 3.73. The van der Waals surface area contributed by atoms with Crippen LogP contribution in [-0.2, 0) is 11.3 Å². The number of likely N-dealkylation sites (tertiary alicyclic amines) is 1. The summed E-state index contributed by atoms with van der Waals surface area (Å²) in [6.45, 7) is 6.25. The highest BCUT2D eigenvalue weighted by Crippen LogP contribution is 2.52. The van der Waals surface area contributed by atoms with E-state index in [-0.39, 0.29) is 35.8 Å². The van der Waals surface area contributed by atoms with Crippen LogP contribution in [0.25, 0.3) is 0 Å². The van der Waals surface area contributed by atoms with Crippen molar-refractivity contribution in [2.24, 2.45) is 17.3 Å². The largest absolute Gasteiger partial charge is 0.387 e. The molecule has 2 atom stereocenters. The van der Waals surface area contributed by atoms with Crippen LogP contribution in [-0.4, -0.2) is 76.2 Å². The Morgan fingerprint density at radius 1 is 0.976 bits per heavy atom. The summed E-state index contributed by atoms with van der Waals surface area (Å²) in [7, 11) is 0. The van der Waals surface area contributed by atoms with E-state index in [0.717, 1.165) is 63.6 Å². The number of nitrogens with zero attached hydrogens (tertiary/aromatic N) is 3. The van der Waals surface area contributed by atoms with E-state index in [4.69, 9.17) is 0 Å². The van der Waals surface area contributed by atoms with Gasteiger partial charge in [0.05, 0.1) is 17.7 Å². The third-order valence-electron chi connectivity index (χ3n) is 11.2. The fourth-order valence-electron chi connectivity index (χ4n) is 8.56. The van der Waals surface area contributed by atoms with Crippen LogP contribution in [0, 0.1) is 17.3 Å². The van der Waals surface area contributed by atoms with E-state index in [1.54, 1.807) is 16.8 Å². The summed E-state index contributed by atoms with van der Waals surface area (Å²) in [4.78, 5) is 44.7. The van der Waals surface area contributed by atoms with E-state index in [2.05, 4.69) is 12.2 Å². The number of piperidine rings is 1. The molecule has 1 aromatic rings. The number of carbonyl (C=O) groups is 2. The average molecular weight is 567 g/mol. The van der Waals surface area contributed by atoms with Crippen molar-refractivity contribution in [2.45, 2.75) is 108 Å². The van der Waals surface area contributed by atoms with Gasteiger partial charge in [-0.15, -0.1) is 0 Å². The first-order chi connectivity index (χ1) is 19.8. The van der Waals surface area contributed by atoms with Crippen LogP contribution in [0.15, 0.2) is 17.1 Å². The number of carbonyl (C=O) groups excluding carboxylic acids is 2. The van der Waals surface area contributed by atoms with Gasteiger partial charge in [0, 0.05) is 62.9 Å². The van der Waals surface area contributed by atoms with Crippen LogP contribution < -0.4 is 10.9 Å². The Morgan fingerprint density at radius 2 is 1.68 bits per heavy atom. The van der Waals surface area contributed by atoms with Crippen LogP contribution in [0.1, 0.15) is 112 Å². The number of nitrogens with one attached hydrogen (secondary N) is 1. The van der Waals surface area contributed by atoms with Gasteiger partial charge in [-0.3, -0.25) is 14.4 Å². The lowest BCUT2D eigenvalue weighted by Crippen LogP contribution is -2.62. The van der Waals surface area contributed by atoms with Gasteiger partial charge in [0.2, 0.25) is 5.91 Å². The maximum absolute atomic E-state index is 13.7. The fraction of sp³-hybridized carbons (Fsp3) is 0.788. The predicted octanol–water partition coefficient (Wildman–Crippen LogP) is 3.90. The van der Waals surface area contributed by atoms with Crippen molar-refractivity contribution in [1.29, 1.82) is 0 Å². The standard InChI is InChI=1S/C33H50N4O4/c1-24(19-25-7-3-2-4-8-25)30(39)36-16-13-33(41,32(22-36)11-5-6-12-32)23-37-21-28(27(20-29(37)38)26-9-10-26)31(40)35-17-14-34-15-18-35/h20-21,24-26,34,41H,2-19,22-23H2,1H3. The van der Waals surface area contributed by atoms with Crippen LogP contribution in [0.3, 0.4) is 0 Å². The smallest absolute Gasteiger partial charge is 0.255 e. The van der Waals surface area contributed by atoms with Gasteiger partial charge in [-0.1, -0.05) is 51.9 Å². The molecule has 3 saturated carbocycles. The van der Waals surface area contributed by atoms with E-state index in [0.29, 0.717) is 44.1 Å². The maximum atomic E-state index is 13.7. The zero-order chi connectivity index (χ0) is 28.6. The Kier molecular flexibility index (Phi) is 8.34. The van der Waals surface area contributed by atoms with Gasteiger partial charge in [-0.05, 0) is 55.9 Å². The SMILES string of the molecule is CC(CC1CCCCC1)C(=O)N1CCC(O)(Cn2cc(C(=O)N3CCNCC3)c(C3CC3)cc2=O)C2(CCCC2)C1. The Bertz CT molecular complexity index is 1170.